The van der Waals surface area contributed by atoms with Crippen LogP contribution in [0.4, 0.5) is 0 Å². The van der Waals surface area contributed by atoms with E-state index in [9.17, 15) is 9.59 Å². The van der Waals surface area contributed by atoms with Crippen molar-refractivity contribution in [2.75, 3.05) is 0 Å². The molecule has 0 heterocycles. The zero-order chi connectivity index (χ0) is 17.1. The van der Waals surface area contributed by atoms with Crippen LogP contribution in [-0.4, -0.2) is 75.7 Å². The Kier molecular flexibility index (Phi) is 16.7. The van der Waals surface area contributed by atoms with Gasteiger partial charge in [0.15, 0.2) is 0 Å². The van der Waals surface area contributed by atoms with Crippen LogP contribution in [0.5, 0.6) is 0 Å². The van der Waals surface area contributed by atoms with Crippen molar-refractivity contribution < 1.29 is 19.8 Å². The monoisotopic (exact) mass is 733 g/mol. The van der Waals surface area contributed by atoms with Crippen molar-refractivity contribution in [2.45, 2.75) is 45.4 Å². The average molecular weight is 733 g/mol. The van der Waals surface area contributed by atoms with Gasteiger partial charge in [-0.1, -0.05) is 69.0 Å². The summed E-state index contributed by atoms with van der Waals surface area (Å²) in [5.41, 5.74) is 0.359. The fourth-order valence-electron chi connectivity index (χ4n) is 2.29. The van der Waals surface area contributed by atoms with Gasteiger partial charge in [-0.05, 0) is 23.3 Å². The molecule has 0 aliphatic heterocycles. The normalized spacial score (nSPS) is 9.16. The van der Waals surface area contributed by atoms with Crippen LogP contribution in [-0.2, 0) is 4.79 Å². The van der Waals surface area contributed by atoms with E-state index in [1.165, 1.54) is 19.3 Å². The van der Waals surface area contributed by atoms with Gasteiger partial charge in [0, 0.05) is 59.9 Å². The third kappa shape index (κ3) is 10.9. The van der Waals surface area contributed by atoms with Crippen molar-refractivity contribution in [3.8, 4) is 0 Å². The molecule has 0 aliphatic rings. The molecule has 0 aromatic heterocycles. The molecule has 2 aromatic rings. The van der Waals surface area contributed by atoms with E-state index < -0.39 is 11.9 Å². The Morgan fingerprint density at radius 3 is 2.08 bits per heavy atom. The zero-order valence-corrected chi connectivity index (χ0v) is 21.8. The van der Waals surface area contributed by atoms with Crippen LogP contribution in [0.2, 0.25) is 0 Å². The summed E-state index contributed by atoms with van der Waals surface area (Å²) in [6.45, 7) is 2.15. The fourth-order valence-corrected chi connectivity index (χ4v) is 2.29. The maximum Gasteiger partial charge on any atom is 0.336 e. The summed E-state index contributed by atoms with van der Waals surface area (Å²) in [7, 11) is 0. The number of hydrogen-bond donors (Lipinski definition) is 2. The summed E-state index contributed by atoms with van der Waals surface area (Å²) in [5, 5.41) is 18.9. The first-order chi connectivity index (χ1) is 11.1. The molecule has 2 N–H and O–H groups in total. The smallest absolute Gasteiger partial charge is 0.336 e. The molecule has 4 nitrogen and oxygen atoms in total. The molecule has 133 valence electrons. The van der Waals surface area contributed by atoms with Gasteiger partial charge in [-0.25, -0.2) is 4.79 Å². The predicted octanol–water partition coefficient (Wildman–Crippen LogP) is 4.21. The zero-order valence-electron chi connectivity index (χ0n) is 14.4. The molecule has 0 unspecified atom stereocenters. The molecule has 7 radical (unpaired) electrons. The van der Waals surface area contributed by atoms with E-state index in [-0.39, 0.29) is 53.5 Å². The van der Waals surface area contributed by atoms with Crippen molar-refractivity contribution in [3.63, 3.8) is 0 Å². The van der Waals surface area contributed by atoms with Gasteiger partial charge < -0.3 is 10.2 Å². The molecule has 25 heavy (non-hydrogen) atoms. The summed E-state index contributed by atoms with van der Waals surface area (Å²) in [6, 6.07) is 12.7. The van der Waals surface area contributed by atoms with Crippen LogP contribution in [0.15, 0.2) is 42.5 Å². The van der Waals surface area contributed by atoms with Crippen molar-refractivity contribution in [2.24, 2.45) is 0 Å². The molecule has 0 aliphatic carbocycles. The predicted molar refractivity (Wildman–Crippen MR) is 103 cm³/mol. The molecule has 2 aromatic carbocycles. The second kappa shape index (κ2) is 15.7. The Bertz CT molecular complexity index is 641. The number of aromatic carboxylic acids is 1. The van der Waals surface area contributed by atoms with Gasteiger partial charge in [-0.15, -0.1) is 0 Å². The molecular formula is C19H24BiO4Pb. The van der Waals surface area contributed by atoms with Crippen LogP contribution in [0, 0.1) is 0 Å². The quantitative estimate of drug-likeness (QED) is 0.331. The van der Waals surface area contributed by atoms with Gasteiger partial charge >= 0.3 is 11.9 Å². The SMILES string of the molecule is CCCCCCCC(=O)O.O=C(O)c1cccc2ccccc12.[Bi].[Pb]. The van der Waals surface area contributed by atoms with E-state index in [1.54, 1.807) is 12.1 Å². The largest absolute Gasteiger partial charge is 0.481 e. The molecule has 6 heteroatoms. The first kappa shape index (κ1) is 26.7. The number of carboxylic acids is 2. The maximum absolute atomic E-state index is 10.8. The Morgan fingerprint density at radius 1 is 0.880 bits per heavy atom. The number of carbonyl (C=O) groups is 2. The van der Waals surface area contributed by atoms with Gasteiger partial charge in [-0.3, -0.25) is 4.79 Å². The number of hydrogen-bond acceptors (Lipinski definition) is 2. The third-order valence-corrected chi connectivity index (χ3v) is 3.51. The number of carboxylic acid groups (broad SMARTS) is 2. The van der Waals surface area contributed by atoms with Crippen molar-refractivity contribution in [3.05, 3.63) is 48.0 Å². The van der Waals surface area contributed by atoms with Crippen molar-refractivity contribution in [1.82, 2.24) is 0 Å². The van der Waals surface area contributed by atoms with Crippen LogP contribution in [0.3, 0.4) is 0 Å². The molecule has 0 atom stereocenters. The van der Waals surface area contributed by atoms with Gasteiger partial charge in [0.1, 0.15) is 0 Å². The van der Waals surface area contributed by atoms with E-state index in [0.717, 1.165) is 23.6 Å². The van der Waals surface area contributed by atoms with Gasteiger partial charge in [0.25, 0.3) is 0 Å². The first-order valence-corrected chi connectivity index (χ1v) is 7.99. The van der Waals surface area contributed by atoms with Crippen molar-refractivity contribution in [1.29, 1.82) is 0 Å². The molecule has 2 rings (SSSR count). The number of benzene rings is 2. The molecular weight excluding hydrogens is 708 g/mol. The van der Waals surface area contributed by atoms with E-state index >= 15 is 0 Å². The Labute approximate surface area is 188 Å². The molecule has 0 saturated carbocycles. The molecule has 0 spiro atoms. The van der Waals surface area contributed by atoms with Gasteiger partial charge in [0.2, 0.25) is 0 Å². The minimum atomic E-state index is -0.878. The second-order valence-corrected chi connectivity index (χ2v) is 5.39. The standard InChI is InChI=1S/C11H8O2.C8H16O2.Bi.Pb/c12-11(13)10-7-3-5-8-4-1-2-6-9(8)10;1-2-3-4-5-6-7-8(9)10;;/h1-7H,(H,12,13);2-7H2,1H3,(H,9,10);;. The van der Waals surface area contributed by atoms with Crippen LogP contribution in [0.25, 0.3) is 10.8 Å². The average Bonchev–Trinajstić information content (AvgIpc) is 2.54. The number of rotatable bonds is 7. The molecule has 0 saturated heterocycles. The molecule has 0 bridgehead atoms. The van der Waals surface area contributed by atoms with Gasteiger partial charge in [0.05, 0.1) is 5.56 Å². The maximum atomic E-state index is 10.8. The summed E-state index contributed by atoms with van der Waals surface area (Å²) in [4.78, 5) is 20.8. The van der Waals surface area contributed by atoms with Crippen LogP contribution < -0.4 is 0 Å². The third-order valence-electron chi connectivity index (χ3n) is 3.51. The number of fused-ring (bicyclic) bond motifs is 1. The van der Waals surface area contributed by atoms with E-state index in [2.05, 4.69) is 6.92 Å². The van der Waals surface area contributed by atoms with E-state index in [4.69, 9.17) is 10.2 Å². The summed E-state index contributed by atoms with van der Waals surface area (Å²) in [5.74, 6) is -1.55. The minimum Gasteiger partial charge on any atom is -0.481 e. The summed E-state index contributed by atoms with van der Waals surface area (Å²) < 4.78 is 0. The topological polar surface area (TPSA) is 74.6 Å². The Morgan fingerprint density at radius 2 is 1.48 bits per heavy atom. The molecule has 0 fully saturated rings. The van der Waals surface area contributed by atoms with E-state index in [1.807, 2.05) is 30.3 Å². The second-order valence-electron chi connectivity index (χ2n) is 5.39. The number of unbranched alkanes of at least 4 members (excludes halogenated alkanes) is 4. The van der Waals surface area contributed by atoms with Crippen molar-refractivity contribution >= 4 is 76.2 Å². The number of aliphatic carboxylic acids is 1. The Balaban J connectivity index is 0. The first-order valence-electron chi connectivity index (χ1n) is 7.99. The minimum absolute atomic E-state index is 0. The van der Waals surface area contributed by atoms with E-state index in [0.29, 0.717) is 12.0 Å². The fraction of sp³-hybridized carbons (Fsp3) is 0.368. The Hall–Kier alpha value is -0.555. The summed E-state index contributed by atoms with van der Waals surface area (Å²) in [6.07, 6.45) is 5.88. The van der Waals surface area contributed by atoms with Crippen LogP contribution in [0.1, 0.15) is 55.8 Å². The molecule has 0 amide bonds. The summed E-state index contributed by atoms with van der Waals surface area (Å²) >= 11 is 0. The van der Waals surface area contributed by atoms with Gasteiger partial charge in [-0.2, -0.15) is 0 Å². The van der Waals surface area contributed by atoms with Crippen LogP contribution >= 0.6 is 0 Å².